The number of aliphatic carboxylic acids is 1. The third kappa shape index (κ3) is 5.00. The van der Waals surface area contributed by atoms with Crippen molar-refractivity contribution in [1.29, 1.82) is 0 Å². The molecular formula is C14H21BrN2O3. The first-order valence-electron chi connectivity index (χ1n) is 6.66. The Hall–Kier alpha value is -1.30. The first-order valence-corrected chi connectivity index (χ1v) is 7.46. The van der Waals surface area contributed by atoms with Crippen LogP contribution in [0.25, 0.3) is 0 Å². The summed E-state index contributed by atoms with van der Waals surface area (Å²) in [5.41, 5.74) is 0.600. The van der Waals surface area contributed by atoms with Gasteiger partial charge in [-0.15, -0.1) is 0 Å². The molecule has 1 aromatic heterocycles. The topological polar surface area (TPSA) is 71.3 Å². The van der Waals surface area contributed by atoms with Crippen molar-refractivity contribution >= 4 is 27.8 Å². The monoisotopic (exact) mass is 344 g/mol. The van der Waals surface area contributed by atoms with Crippen LogP contribution in [-0.4, -0.2) is 27.6 Å². The van der Waals surface area contributed by atoms with Gasteiger partial charge in [-0.1, -0.05) is 13.3 Å². The average molecular weight is 345 g/mol. The van der Waals surface area contributed by atoms with E-state index in [4.69, 9.17) is 5.11 Å². The first kappa shape index (κ1) is 16.8. The van der Waals surface area contributed by atoms with Crippen LogP contribution in [0.1, 0.15) is 43.6 Å². The van der Waals surface area contributed by atoms with E-state index >= 15 is 0 Å². The van der Waals surface area contributed by atoms with E-state index < -0.39 is 5.97 Å². The van der Waals surface area contributed by atoms with Crippen molar-refractivity contribution in [2.24, 2.45) is 13.0 Å². The van der Waals surface area contributed by atoms with Crippen molar-refractivity contribution in [2.75, 3.05) is 0 Å². The molecule has 0 aliphatic heterocycles. The summed E-state index contributed by atoms with van der Waals surface area (Å²) < 4.78 is 2.63. The highest BCUT2D eigenvalue weighted by Crippen LogP contribution is 2.14. The molecule has 0 fully saturated rings. The van der Waals surface area contributed by atoms with Gasteiger partial charge in [0.1, 0.15) is 5.69 Å². The summed E-state index contributed by atoms with van der Waals surface area (Å²) in [5.74, 6) is -1.21. The number of hydrogen-bond acceptors (Lipinski definition) is 2. The van der Waals surface area contributed by atoms with E-state index in [-0.39, 0.29) is 17.9 Å². The molecule has 1 aromatic rings. The second-order valence-corrected chi connectivity index (χ2v) is 6.11. The first-order chi connectivity index (χ1) is 9.31. The number of hydrogen-bond donors (Lipinski definition) is 2. The van der Waals surface area contributed by atoms with E-state index in [0.717, 1.165) is 17.3 Å². The molecule has 0 bridgehead atoms. The van der Waals surface area contributed by atoms with Crippen LogP contribution in [-0.2, 0) is 11.8 Å². The highest BCUT2D eigenvalue weighted by molar-refractivity contribution is 9.10. The summed E-state index contributed by atoms with van der Waals surface area (Å²) in [6, 6.07) is 1.80. The lowest BCUT2D eigenvalue weighted by molar-refractivity contribution is -0.141. The molecule has 2 N–H and O–H groups in total. The van der Waals surface area contributed by atoms with Crippen LogP contribution >= 0.6 is 15.9 Å². The number of carboxylic acids is 1. The summed E-state index contributed by atoms with van der Waals surface area (Å²) in [6.45, 7) is 3.63. The Balaban J connectivity index is 2.39. The zero-order valence-electron chi connectivity index (χ0n) is 12.0. The third-order valence-electron chi connectivity index (χ3n) is 3.28. The molecule has 2 unspecified atom stereocenters. The van der Waals surface area contributed by atoms with Crippen LogP contribution in [0.4, 0.5) is 0 Å². The van der Waals surface area contributed by atoms with E-state index in [1.54, 1.807) is 17.6 Å². The summed E-state index contributed by atoms with van der Waals surface area (Å²) in [5, 5.41) is 11.7. The van der Waals surface area contributed by atoms with Crippen LogP contribution in [0, 0.1) is 5.92 Å². The molecule has 0 saturated carbocycles. The summed E-state index contributed by atoms with van der Waals surface area (Å²) in [4.78, 5) is 22.7. The fourth-order valence-corrected chi connectivity index (χ4v) is 2.50. The molecule has 1 rings (SSSR count). The van der Waals surface area contributed by atoms with Gasteiger partial charge in [-0.3, -0.25) is 9.59 Å². The molecular weight excluding hydrogens is 324 g/mol. The van der Waals surface area contributed by atoms with Gasteiger partial charge in [-0.2, -0.15) is 0 Å². The fourth-order valence-electron chi connectivity index (χ4n) is 1.97. The van der Waals surface area contributed by atoms with Crippen LogP contribution in [0.2, 0.25) is 0 Å². The lowest BCUT2D eigenvalue weighted by atomic mass is 10.0. The number of rotatable bonds is 7. The standard InChI is InChI=1S/C14H21BrN2O3/c1-9(14(19)20)5-4-6-10(2)16-13(18)12-7-11(15)8-17(12)3/h7-10H,4-6H2,1-3H3,(H,16,18)(H,19,20). The van der Waals surface area contributed by atoms with Gasteiger partial charge in [0, 0.05) is 23.8 Å². The fraction of sp³-hybridized carbons (Fsp3) is 0.571. The highest BCUT2D eigenvalue weighted by Gasteiger charge is 2.15. The predicted molar refractivity (Wildman–Crippen MR) is 80.7 cm³/mol. The average Bonchev–Trinajstić information content (AvgIpc) is 2.68. The van der Waals surface area contributed by atoms with Gasteiger partial charge in [-0.05, 0) is 41.8 Å². The van der Waals surface area contributed by atoms with Gasteiger partial charge in [0.05, 0.1) is 5.92 Å². The number of carbonyl (C=O) groups excluding carboxylic acids is 1. The smallest absolute Gasteiger partial charge is 0.306 e. The van der Waals surface area contributed by atoms with Crippen LogP contribution in [0.5, 0.6) is 0 Å². The summed E-state index contributed by atoms with van der Waals surface area (Å²) in [6.07, 6.45) is 4.01. The molecule has 0 spiro atoms. The predicted octanol–water partition coefficient (Wildman–Crippen LogP) is 2.80. The Labute approximate surface area is 127 Å². The van der Waals surface area contributed by atoms with Gasteiger partial charge < -0.3 is 15.0 Å². The van der Waals surface area contributed by atoms with Crippen molar-refractivity contribution in [2.45, 2.75) is 39.2 Å². The van der Waals surface area contributed by atoms with Crippen LogP contribution in [0.15, 0.2) is 16.7 Å². The second-order valence-electron chi connectivity index (χ2n) is 5.20. The molecule has 112 valence electrons. The minimum absolute atomic E-state index is 0.0252. The van der Waals surface area contributed by atoms with Gasteiger partial charge in [0.25, 0.3) is 5.91 Å². The number of halogens is 1. The minimum Gasteiger partial charge on any atom is -0.481 e. The van der Waals surface area contributed by atoms with E-state index in [1.807, 2.05) is 20.2 Å². The molecule has 1 amide bonds. The van der Waals surface area contributed by atoms with Crippen molar-refractivity contribution in [3.63, 3.8) is 0 Å². The Morgan fingerprint density at radius 2 is 2.05 bits per heavy atom. The quantitative estimate of drug-likeness (QED) is 0.798. The lowest BCUT2D eigenvalue weighted by Crippen LogP contribution is -2.33. The SMILES string of the molecule is CC(CCCC(C)C(=O)O)NC(=O)c1cc(Br)cn1C. The molecule has 0 aromatic carbocycles. The largest absolute Gasteiger partial charge is 0.481 e. The molecule has 0 aliphatic carbocycles. The molecule has 2 atom stereocenters. The normalized spacial score (nSPS) is 13.8. The molecule has 1 heterocycles. The van der Waals surface area contributed by atoms with Gasteiger partial charge in [-0.25, -0.2) is 0 Å². The van der Waals surface area contributed by atoms with Crippen molar-refractivity contribution in [3.05, 3.63) is 22.4 Å². The second kappa shape index (κ2) is 7.47. The molecule has 20 heavy (non-hydrogen) atoms. The van der Waals surface area contributed by atoms with Crippen molar-refractivity contribution in [3.8, 4) is 0 Å². The highest BCUT2D eigenvalue weighted by atomic mass is 79.9. The number of aromatic nitrogens is 1. The zero-order valence-corrected chi connectivity index (χ0v) is 13.6. The summed E-state index contributed by atoms with van der Waals surface area (Å²) >= 11 is 3.33. The maximum Gasteiger partial charge on any atom is 0.306 e. The van der Waals surface area contributed by atoms with Crippen LogP contribution in [0.3, 0.4) is 0 Å². The molecule has 0 aliphatic rings. The minimum atomic E-state index is -0.768. The maximum absolute atomic E-state index is 12.0. The molecule has 5 nitrogen and oxygen atoms in total. The van der Waals surface area contributed by atoms with Gasteiger partial charge in [0.2, 0.25) is 0 Å². The number of carbonyl (C=O) groups is 2. The van der Waals surface area contributed by atoms with E-state index in [0.29, 0.717) is 12.1 Å². The maximum atomic E-state index is 12.0. The Kier molecular flexibility index (Phi) is 6.26. The Bertz CT molecular complexity index is 485. The number of nitrogens with zero attached hydrogens (tertiary/aromatic N) is 1. The summed E-state index contributed by atoms with van der Waals surface area (Å²) in [7, 11) is 1.82. The number of carboxylic acid groups (broad SMARTS) is 1. The lowest BCUT2D eigenvalue weighted by Gasteiger charge is -2.14. The van der Waals surface area contributed by atoms with Gasteiger partial charge in [0.15, 0.2) is 0 Å². The molecule has 0 radical (unpaired) electrons. The molecule has 0 saturated heterocycles. The van der Waals surface area contributed by atoms with Crippen molar-refractivity contribution < 1.29 is 14.7 Å². The van der Waals surface area contributed by atoms with Gasteiger partial charge >= 0.3 is 5.97 Å². The number of aryl methyl sites for hydroxylation is 1. The van der Waals surface area contributed by atoms with Crippen LogP contribution < -0.4 is 5.32 Å². The van der Waals surface area contributed by atoms with E-state index in [1.165, 1.54) is 0 Å². The number of amides is 1. The number of nitrogens with one attached hydrogen (secondary N) is 1. The van der Waals surface area contributed by atoms with E-state index in [9.17, 15) is 9.59 Å². The Morgan fingerprint density at radius 1 is 1.40 bits per heavy atom. The Morgan fingerprint density at radius 3 is 2.55 bits per heavy atom. The third-order valence-corrected chi connectivity index (χ3v) is 3.71. The van der Waals surface area contributed by atoms with E-state index in [2.05, 4.69) is 21.2 Å². The van der Waals surface area contributed by atoms with Crippen molar-refractivity contribution in [1.82, 2.24) is 9.88 Å². The molecule has 6 heteroatoms. The zero-order chi connectivity index (χ0) is 15.3.